The van der Waals surface area contributed by atoms with E-state index in [4.69, 9.17) is 16.0 Å². The van der Waals surface area contributed by atoms with Gasteiger partial charge in [0.25, 0.3) is 0 Å². The van der Waals surface area contributed by atoms with Gasteiger partial charge < -0.3 is 9.52 Å². The molecule has 0 aliphatic carbocycles. The van der Waals surface area contributed by atoms with Gasteiger partial charge in [0.2, 0.25) is 0 Å². The minimum Gasteiger partial charge on any atom is -0.464 e. The van der Waals surface area contributed by atoms with Crippen molar-refractivity contribution in [2.24, 2.45) is 0 Å². The van der Waals surface area contributed by atoms with Crippen molar-refractivity contribution in [2.75, 3.05) is 0 Å². The maximum Gasteiger partial charge on any atom is 0.134 e. The standard InChI is InChI=1S/C16H13ClO2/c17-12-5-3-4-11(8-12)9-15(18)14-10-19-16-7-2-1-6-13(14)16/h1-8,10,15,18H,9H2. The fourth-order valence-electron chi connectivity index (χ4n) is 2.25. The second kappa shape index (κ2) is 5.08. The van der Waals surface area contributed by atoms with Gasteiger partial charge in [-0.25, -0.2) is 0 Å². The van der Waals surface area contributed by atoms with Crippen molar-refractivity contribution in [2.45, 2.75) is 12.5 Å². The Hall–Kier alpha value is -1.77. The zero-order valence-electron chi connectivity index (χ0n) is 10.2. The molecule has 0 spiro atoms. The van der Waals surface area contributed by atoms with Crippen LogP contribution in [0.3, 0.4) is 0 Å². The summed E-state index contributed by atoms with van der Waals surface area (Å²) in [6, 6.07) is 15.2. The molecular formula is C16H13ClO2. The van der Waals surface area contributed by atoms with Gasteiger partial charge in [-0.15, -0.1) is 0 Å². The Kier molecular flexibility index (Phi) is 3.28. The third-order valence-corrected chi connectivity index (χ3v) is 3.42. The molecule has 0 saturated heterocycles. The van der Waals surface area contributed by atoms with Crippen molar-refractivity contribution in [3.05, 3.63) is 70.9 Å². The number of aliphatic hydroxyl groups excluding tert-OH is 1. The average molecular weight is 273 g/mol. The predicted molar refractivity (Wildman–Crippen MR) is 76.3 cm³/mol. The van der Waals surface area contributed by atoms with E-state index in [0.29, 0.717) is 11.4 Å². The van der Waals surface area contributed by atoms with Crippen LogP contribution in [-0.4, -0.2) is 5.11 Å². The molecule has 0 aliphatic heterocycles. The van der Waals surface area contributed by atoms with Crippen molar-refractivity contribution >= 4 is 22.6 Å². The molecule has 0 bridgehead atoms. The lowest BCUT2D eigenvalue weighted by molar-refractivity contribution is 0.179. The van der Waals surface area contributed by atoms with Gasteiger partial charge in [-0.1, -0.05) is 41.9 Å². The first-order valence-corrected chi connectivity index (χ1v) is 6.50. The van der Waals surface area contributed by atoms with E-state index in [2.05, 4.69) is 0 Å². The summed E-state index contributed by atoms with van der Waals surface area (Å²) in [5, 5.41) is 12.0. The van der Waals surface area contributed by atoms with E-state index in [-0.39, 0.29) is 0 Å². The molecule has 0 fully saturated rings. The number of fused-ring (bicyclic) bond motifs is 1. The largest absolute Gasteiger partial charge is 0.464 e. The molecule has 2 nitrogen and oxygen atoms in total. The lowest BCUT2D eigenvalue weighted by Crippen LogP contribution is -2.00. The number of hydrogen-bond donors (Lipinski definition) is 1. The zero-order chi connectivity index (χ0) is 13.2. The molecule has 1 atom stereocenters. The van der Waals surface area contributed by atoms with E-state index in [0.717, 1.165) is 22.1 Å². The zero-order valence-corrected chi connectivity index (χ0v) is 11.0. The summed E-state index contributed by atoms with van der Waals surface area (Å²) >= 11 is 5.95. The summed E-state index contributed by atoms with van der Waals surface area (Å²) in [6.45, 7) is 0. The minimum atomic E-state index is -0.595. The molecule has 0 radical (unpaired) electrons. The Labute approximate surface area is 116 Å². The third-order valence-electron chi connectivity index (χ3n) is 3.19. The molecule has 19 heavy (non-hydrogen) atoms. The van der Waals surface area contributed by atoms with Crippen molar-refractivity contribution in [1.29, 1.82) is 0 Å². The normalized spacial score (nSPS) is 12.7. The fourth-order valence-corrected chi connectivity index (χ4v) is 2.47. The van der Waals surface area contributed by atoms with E-state index >= 15 is 0 Å². The number of para-hydroxylation sites is 1. The van der Waals surface area contributed by atoms with Crippen LogP contribution < -0.4 is 0 Å². The summed E-state index contributed by atoms with van der Waals surface area (Å²) in [5.41, 5.74) is 2.61. The van der Waals surface area contributed by atoms with Gasteiger partial charge in [0.15, 0.2) is 0 Å². The van der Waals surface area contributed by atoms with Gasteiger partial charge in [0.1, 0.15) is 5.58 Å². The Morgan fingerprint density at radius 2 is 1.95 bits per heavy atom. The molecule has 3 rings (SSSR count). The molecule has 0 amide bonds. The fraction of sp³-hybridized carbons (Fsp3) is 0.125. The summed E-state index contributed by atoms with van der Waals surface area (Å²) in [7, 11) is 0. The summed E-state index contributed by atoms with van der Waals surface area (Å²) in [4.78, 5) is 0. The molecule has 1 N–H and O–H groups in total. The molecule has 1 aromatic heterocycles. The molecule has 3 aromatic rings. The number of hydrogen-bond acceptors (Lipinski definition) is 2. The smallest absolute Gasteiger partial charge is 0.134 e. The summed E-state index contributed by atoms with van der Waals surface area (Å²) in [5.74, 6) is 0. The highest BCUT2D eigenvalue weighted by Gasteiger charge is 2.14. The van der Waals surface area contributed by atoms with Crippen LogP contribution in [0.1, 0.15) is 17.2 Å². The van der Waals surface area contributed by atoms with Gasteiger partial charge in [0.05, 0.1) is 12.4 Å². The molecule has 2 aromatic carbocycles. The summed E-state index contributed by atoms with van der Waals surface area (Å²) < 4.78 is 5.45. The maximum atomic E-state index is 10.3. The van der Waals surface area contributed by atoms with Crippen molar-refractivity contribution < 1.29 is 9.52 Å². The molecule has 96 valence electrons. The highest BCUT2D eigenvalue weighted by molar-refractivity contribution is 6.30. The first kappa shape index (κ1) is 12.3. The number of benzene rings is 2. The van der Waals surface area contributed by atoms with Crippen molar-refractivity contribution in [3.63, 3.8) is 0 Å². The average Bonchev–Trinajstić information content (AvgIpc) is 2.82. The van der Waals surface area contributed by atoms with Crippen LogP contribution >= 0.6 is 11.6 Å². The van der Waals surface area contributed by atoms with Gasteiger partial charge in [0, 0.05) is 22.4 Å². The van der Waals surface area contributed by atoms with Crippen LogP contribution in [0.2, 0.25) is 5.02 Å². The topological polar surface area (TPSA) is 33.4 Å². The van der Waals surface area contributed by atoms with Crippen molar-refractivity contribution in [1.82, 2.24) is 0 Å². The molecule has 1 unspecified atom stereocenters. The van der Waals surface area contributed by atoms with Crippen LogP contribution in [0.4, 0.5) is 0 Å². The van der Waals surface area contributed by atoms with Crippen LogP contribution in [0.15, 0.2) is 59.2 Å². The second-order valence-electron chi connectivity index (χ2n) is 4.54. The predicted octanol–water partition coefficient (Wildman–Crippen LogP) is 4.36. The first-order valence-electron chi connectivity index (χ1n) is 6.12. The Morgan fingerprint density at radius 3 is 2.79 bits per heavy atom. The number of aliphatic hydroxyl groups is 1. The third kappa shape index (κ3) is 2.50. The van der Waals surface area contributed by atoms with Crippen molar-refractivity contribution in [3.8, 4) is 0 Å². The lowest BCUT2D eigenvalue weighted by Gasteiger charge is -2.09. The van der Waals surface area contributed by atoms with Crippen LogP contribution in [0, 0.1) is 0 Å². The molecule has 0 saturated carbocycles. The van der Waals surface area contributed by atoms with E-state index in [1.807, 2.05) is 48.5 Å². The van der Waals surface area contributed by atoms with Gasteiger partial charge in [-0.05, 0) is 23.8 Å². The van der Waals surface area contributed by atoms with E-state index in [1.54, 1.807) is 6.26 Å². The Bertz CT molecular complexity index is 703. The maximum absolute atomic E-state index is 10.3. The second-order valence-corrected chi connectivity index (χ2v) is 4.97. The number of halogens is 1. The number of rotatable bonds is 3. The van der Waals surface area contributed by atoms with E-state index < -0.39 is 6.10 Å². The quantitative estimate of drug-likeness (QED) is 0.768. The van der Waals surface area contributed by atoms with Crippen LogP contribution in [-0.2, 0) is 6.42 Å². The number of furan rings is 1. The van der Waals surface area contributed by atoms with E-state index in [9.17, 15) is 5.11 Å². The highest BCUT2D eigenvalue weighted by atomic mass is 35.5. The van der Waals surface area contributed by atoms with Crippen LogP contribution in [0.5, 0.6) is 0 Å². The van der Waals surface area contributed by atoms with E-state index in [1.165, 1.54) is 0 Å². The SMILES string of the molecule is OC(Cc1cccc(Cl)c1)c1coc2ccccc12. The van der Waals surface area contributed by atoms with Gasteiger partial charge >= 0.3 is 0 Å². The summed E-state index contributed by atoms with van der Waals surface area (Å²) in [6.07, 6.45) is 1.55. The minimum absolute atomic E-state index is 0.518. The Morgan fingerprint density at radius 1 is 1.11 bits per heavy atom. The van der Waals surface area contributed by atoms with Crippen LogP contribution in [0.25, 0.3) is 11.0 Å². The van der Waals surface area contributed by atoms with Gasteiger partial charge in [-0.2, -0.15) is 0 Å². The highest BCUT2D eigenvalue weighted by Crippen LogP contribution is 2.28. The molecule has 3 heteroatoms. The Balaban J connectivity index is 1.90. The first-order chi connectivity index (χ1) is 9.24. The monoisotopic (exact) mass is 272 g/mol. The van der Waals surface area contributed by atoms with Gasteiger partial charge in [-0.3, -0.25) is 0 Å². The lowest BCUT2D eigenvalue weighted by atomic mass is 10.0. The molecular weight excluding hydrogens is 260 g/mol. The molecule has 1 heterocycles. The molecule has 0 aliphatic rings.